The summed E-state index contributed by atoms with van der Waals surface area (Å²) >= 11 is 0. The second kappa shape index (κ2) is 5.99. The lowest BCUT2D eigenvalue weighted by Crippen LogP contribution is -2.44. The molecule has 3 heteroatoms. The van der Waals surface area contributed by atoms with Crippen molar-refractivity contribution in [1.82, 2.24) is 4.90 Å². The average molecular weight is 269 g/mol. The molecule has 104 valence electrons. The van der Waals surface area contributed by atoms with Crippen molar-refractivity contribution in [3.63, 3.8) is 0 Å². The minimum absolute atomic E-state index is 0.241. The van der Waals surface area contributed by atoms with E-state index >= 15 is 0 Å². The normalized spacial score (nSPS) is 14.0. The summed E-state index contributed by atoms with van der Waals surface area (Å²) in [4.78, 5) is 14.5. The fraction of sp³-hybridized carbons (Fsp3) is 0.235. The van der Waals surface area contributed by atoms with Crippen LogP contribution in [0.15, 0.2) is 60.7 Å². The maximum Gasteiger partial charge on any atom is 0.200 e. The number of ketones is 1. The van der Waals surface area contributed by atoms with E-state index < -0.39 is 5.60 Å². The van der Waals surface area contributed by atoms with Gasteiger partial charge >= 0.3 is 0 Å². The maximum atomic E-state index is 12.7. The number of aliphatic hydroxyl groups is 1. The van der Waals surface area contributed by atoms with Crippen molar-refractivity contribution in [2.24, 2.45) is 0 Å². The molecule has 1 atom stereocenters. The van der Waals surface area contributed by atoms with Gasteiger partial charge in [-0.05, 0) is 19.7 Å². The molecule has 2 aromatic rings. The predicted molar refractivity (Wildman–Crippen MR) is 79.7 cm³/mol. The number of carbonyl (C=O) groups excluding carboxylic acids is 1. The third kappa shape index (κ3) is 2.95. The minimum atomic E-state index is -1.54. The van der Waals surface area contributed by atoms with Crippen molar-refractivity contribution in [3.8, 4) is 0 Å². The third-order valence-electron chi connectivity index (χ3n) is 3.21. The number of carbonyl (C=O) groups is 1. The molecule has 0 aliphatic rings. The summed E-state index contributed by atoms with van der Waals surface area (Å²) in [5, 5.41) is 11.0. The van der Waals surface area contributed by atoms with Gasteiger partial charge in [0.15, 0.2) is 11.4 Å². The summed E-state index contributed by atoms with van der Waals surface area (Å²) < 4.78 is 0. The van der Waals surface area contributed by atoms with Crippen LogP contribution in [0.3, 0.4) is 0 Å². The van der Waals surface area contributed by atoms with Crippen LogP contribution in [-0.4, -0.2) is 36.4 Å². The highest BCUT2D eigenvalue weighted by Crippen LogP contribution is 2.26. The molecule has 0 spiro atoms. The molecule has 0 aliphatic carbocycles. The van der Waals surface area contributed by atoms with Gasteiger partial charge in [-0.2, -0.15) is 0 Å². The second-order valence-corrected chi connectivity index (χ2v) is 5.16. The van der Waals surface area contributed by atoms with E-state index in [-0.39, 0.29) is 12.3 Å². The molecule has 1 N–H and O–H groups in total. The minimum Gasteiger partial charge on any atom is -0.376 e. The smallest absolute Gasteiger partial charge is 0.200 e. The van der Waals surface area contributed by atoms with Gasteiger partial charge in [0.2, 0.25) is 0 Å². The van der Waals surface area contributed by atoms with Crippen LogP contribution in [0.4, 0.5) is 0 Å². The first-order valence-corrected chi connectivity index (χ1v) is 6.56. The van der Waals surface area contributed by atoms with Gasteiger partial charge in [0.25, 0.3) is 0 Å². The van der Waals surface area contributed by atoms with Crippen molar-refractivity contribution >= 4 is 5.78 Å². The number of benzene rings is 2. The zero-order valence-electron chi connectivity index (χ0n) is 11.8. The standard InChI is InChI=1S/C17H19NO2/c1-18(2)13-17(20,15-11-7-4-8-12-15)16(19)14-9-5-3-6-10-14/h3-12,20H,13H2,1-2H3/t17-/m1/s1. The van der Waals surface area contributed by atoms with Gasteiger partial charge in [-0.15, -0.1) is 0 Å². The van der Waals surface area contributed by atoms with Crippen LogP contribution in [-0.2, 0) is 5.60 Å². The number of nitrogens with zero attached hydrogens (tertiary/aromatic N) is 1. The summed E-state index contributed by atoms with van der Waals surface area (Å²) in [6.45, 7) is 0.241. The van der Waals surface area contributed by atoms with E-state index in [0.717, 1.165) is 0 Å². The third-order valence-corrected chi connectivity index (χ3v) is 3.21. The zero-order chi connectivity index (χ0) is 14.6. The lowest BCUT2D eigenvalue weighted by Gasteiger charge is -2.30. The van der Waals surface area contributed by atoms with Gasteiger partial charge in [0.05, 0.1) is 0 Å². The molecule has 0 saturated carbocycles. The van der Waals surface area contributed by atoms with Crippen LogP contribution in [0.5, 0.6) is 0 Å². The van der Waals surface area contributed by atoms with Crippen LogP contribution in [0.1, 0.15) is 15.9 Å². The van der Waals surface area contributed by atoms with Crippen LogP contribution in [0.2, 0.25) is 0 Å². The molecule has 0 saturated heterocycles. The van der Waals surface area contributed by atoms with Gasteiger partial charge in [0.1, 0.15) is 0 Å². The number of Topliss-reactive ketones (excluding diaryl/α,β-unsaturated/α-hetero) is 1. The van der Waals surface area contributed by atoms with Crippen molar-refractivity contribution in [2.75, 3.05) is 20.6 Å². The zero-order valence-corrected chi connectivity index (χ0v) is 11.8. The summed E-state index contributed by atoms with van der Waals surface area (Å²) in [6, 6.07) is 18.0. The molecular formula is C17H19NO2. The van der Waals surface area contributed by atoms with E-state index in [2.05, 4.69) is 0 Å². The van der Waals surface area contributed by atoms with Crippen molar-refractivity contribution in [3.05, 3.63) is 71.8 Å². The molecule has 0 aliphatic heterocycles. The Morgan fingerprint density at radius 1 is 1.00 bits per heavy atom. The second-order valence-electron chi connectivity index (χ2n) is 5.16. The molecule has 0 unspecified atom stereocenters. The average Bonchev–Trinajstić information content (AvgIpc) is 2.47. The molecule has 3 nitrogen and oxygen atoms in total. The van der Waals surface area contributed by atoms with Gasteiger partial charge in [-0.3, -0.25) is 4.79 Å². The Morgan fingerprint density at radius 2 is 1.50 bits per heavy atom. The number of hydrogen-bond acceptors (Lipinski definition) is 3. The van der Waals surface area contributed by atoms with Gasteiger partial charge in [0, 0.05) is 12.1 Å². The van der Waals surface area contributed by atoms with Gasteiger partial charge in [-0.1, -0.05) is 60.7 Å². The lowest BCUT2D eigenvalue weighted by atomic mass is 9.85. The SMILES string of the molecule is CN(C)C[C@](O)(C(=O)c1ccccc1)c1ccccc1. The molecule has 20 heavy (non-hydrogen) atoms. The summed E-state index contributed by atoms with van der Waals surface area (Å²) in [7, 11) is 3.68. The Kier molecular flexibility index (Phi) is 4.32. The monoisotopic (exact) mass is 269 g/mol. The Bertz CT molecular complexity index is 566. The summed E-state index contributed by atoms with van der Waals surface area (Å²) in [6.07, 6.45) is 0. The highest BCUT2D eigenvalue weighted by atomic mass is 16.3. The molecule has 0 radical (unpaired) electrons. The first-order chi connectivity index (χ1) is 9.54. The lowest BCUT2D eigenvalue weighted by molar-refractivity contribution is 0.0161. The van der Waals surface area contributed by atoms with Crippen LogP contribution < -0.4 is 0 Å². The van der Waals surface area contributed by atoms with E-state index in [0.29, 0.717) is 11.1 Å². The summed E-state index contributed by atoms with van der Waals surface area (Å²) in [5.74, 6) is -0.280. The molecule has 0 heterocycles. The van der Waals surface area contributed by atoms with Crippen molar-refractivity contribution < 1.29 is 9.90 Å². The molecule has 2 rings (SSSR count). The van der Waals surface area contributed by atoms with E-state index in [9.17, 15) is 9.90 Å². The first-order valence-electron chi connectivity index (χ1n) is 6.56. The van der Waals surface area contributed by atoms with Crippen LogP contribution in [0, 0.1) is 0 Å². The Balaban J connectivity index is 2.45. The van der Waals surface area contributed by atoms with Crippen LogP contribution in [0.25, 0.3) is 0 Å². The molecule has 0 bridgehead atoms. The van der Waals surface area contributed by atoms with Crippen molar-refractivity contribution in [2.45, 2.75) is 5.60 Å². The molecule has 0 aromatic heterocycles. The topological polar surface area (TPSA) is 40.5 Å². The number of rotatable bonds is 5. The fourth-order valence-corrected chi connectivity index (χ4v) is 2.29. The first kappa shape index (κ1) is 14.4. The van der Waals surface area contributed by atoms with Gasteiger partial charge in [-0.25, -0.2) is 0 Å². The molecular weight excluding hydrogens is 250 g/mol. The molecule has 0 amide bonds. The highest BCUT2D eigenvalue weighted by molar-refractivity contribution is 6.03. The molecule has 0 fully saturated rings. The van der Waals surface area contributed by atoms with E-state index in [4.69, 9.17) is 0 Å². The Morgan fingerprint density at radius 3 is 2.00 bits per heavy atom. The number of likely N-dealkylation sites (N-methyl/N-ethyl adjacent to an activating group) is 1. The largest absolute Gasteiger partial charge is 0.376 e. The highest BCUT2D eigenvalue weighted by Gasteiger charge is 2.38. The van der Waals surface area contributed by atoms with E-state index in [1.165, 1.54) is 0 Å². The predicted octanol–water partition coefficient (Wildman–Crippen LogP) is 2.32. The van der Waals surface area contributed by atoms with Crippen molar-refractivity contribution in [1.29, 1.82) is 0 Å². The molecule has 2 aromatic carbocycles. The summed E-state index contributed by atoms with van der Waals surface area (Å²) in [5.41, 5.74) is -0.408. The number of hydrogen-bond donors (Lipinski definition) is 1. The Hall–Kier alpha value is -1.97. The maximum absolute atomic E-state index is 12.7. The van der Waals surface area contributed by atoms with E-state index in [1.807, 2.05) is 43.3 Å². The Labute approximate surface area is 119 Å². The van der Waals surface area contributed by atoms with Gasteiger partial charge < -0.3 is 10.0 Å². The van der Waals surface area contributed by atoms with Crippen LogP contribution >= 0.6 is 0 Å². The van der Waals surface area contributed by atoms with E-state index in [1.54, 1.807) is 36.4 Å². The fourth-order valence-electron chi connectivity index (χ4n) is 2.29. The quantitative estimate of drug-likeness (QED) is 0.847.